The van der Waals surface area contributed by atoms with Gasteiger partial charge in [0, 0.05) is 39.3 Å². The molecular formula is C24H27ClN4O. The maximum Gasteiger partial charge on any atom is 0.151 e. The molecule has 30 heavy (non-hydrogen) atoms. The summed E-state index contributed by atoms with van der Waals surface area (Å²) in [4.78, 5) is 9.45. The molecule has 0 radical (unpaired) electrons. The molecule has 0 atom stereocenters. The summed E-state index contributed by atoms with van der Waals surface area (Å²) in [5, 5.41) is 3.96. The maximum atomic E-state index is 6.20. The molecule has 5 nitrogen and oxygen atoms in total. The van der Waals surface area contributed by atoms with Crippen LogP contribution in [0.3, 0.4) is 0 Å². The Labute approximate surface area is 183 Å². The summed E-state index contributed by atoms with van der Waals surface area (Å²) in [5.41, 5.74) is 3.63. The quantitative estimate of drug-likeness (QED) is 0.560. The van der Waals surface area contributed by atoms with Gasteiger partial charge in [0.2, 0.25) is 0 Å². The minimum absolute atomic E-state index is 0.499. The van der Waals surface area contributed by atoms with Gasteiger partial charge in [0.15, 0.2) is 5.82 Å². The van der Waals surface area contributed by atoms with Crippen LogP contribution in [-0.2, 0) is 13.1 Å². The second kappa shape index (κ2) is 9.83. The van der Waals surface area contributed by atoms with Gasteiger partial charge < -0.3 is 15.0 Å². The summed E-state index contributed by atoms with van der Waals surface area (Å²) in [6, 6.07) is 22.6. The van der Waals surface area contributed by atoms with Crippen molar-refractivity contribution in [3.63, 3.8) is 0 Å². The molecule has 0 saturated carbocycles. The second-order valence-electron chi connectivity index (χ2n) is 7.45. The van der Waals surface area contributed by atoms with Gasteiger partial charge in [-0.2, -0.15) is 0 Å². The maximum absolute atomic E-state index is 6.20. The summed E-state index contributed by atoms with van der Waals surface area (Å²) in [7, 11) is 1.68. The molecule has 2 heterocycles. The van der Waals surface area contributed by atoms with Crippen molar-refractivity contribution < 1.29 is 4.74 Å². The Bertz CT molecular complexity index is 941. The first-order chi connectivity index (χ1) is 14.7. The van der Waals surface area contributed by atoms with Crippen molar-refractivity contribution >= 4 is 23.1 Å². The molecule has 0 unspecified atom stereocenters. The van der Waals surface area contributed by atoms with Crippen LogP contribution in [0.1, 0.15) is 11.1 Å². The average Bonchev–Trinajstić information content (AvgIpc) is 2.79. The lowest BCUT2D eigenvalue weighted by Crippen LogP contribution is -2.46. The Morgan fingerprint density at radius 3 is 2.33 bits per heavy atom. The van der Waals surface area contributed by atoms with Crippen LogP contribution in [-0.4, -0.2) is 43.2 Å². The number of pyridine rings is 1. The third kappa shape index (κ3) is 5.23. The average molecular weight is 423 g/mol. The van der Waals surface area contributed by atoms with Crippen LogP contribution in [0, 0.1) is 0 Å². The third-order valence-electron chi connectivity index (χ3n) is 5.42. The molecular weight excluding hydrogens is 396 g/mol. The van der Waals surface area contributed by atoms with E-state index in [4.69, 9.17) is 16.3 Å². The number of nitrogens with zero attached hydrogens (tertiary/aromatic N) is 3. The van der Waals surface area contributed by atoms with Gasteiger partial charge in [0.1, 0.15) is 10.9 Å². The molecule has 1 N–H and O–H groups in total. The standard InChI is InChI=1S/C24H27ClN4O/c1-30-21-9-7-19(8-10-21)17-26-24-22(11-12-23(25)27-24)29-15-13-28(14-16-29)18-20-5-3-2-4-6-20/h2-12H,13-18H2,1H3,(H,26,27). The SMILES string of the molecule is COc1ccc(CNc2nc(Cl)ccc2N2CCN(Cc3ccccc3)CC2)cc1. The number of nitrogens with one attached hydrogen (secondary N) is 1. The number of ether oxygens (including phenoxy) is 1. The Balaban J connectivity index is 1.39. The number of piperazine rings is 1. The van der Waals surface area contributed by atoms with Gasteiger partial charge in [-0.05, 0) is 35.4 Å². The lowest BCUT2D eigenvalue weighted by atomic mass is 10.2. The topological polar surface area (TPSA) is 40.6 Å². The Morgan fingerprint density at radius 1 is 0.900 bits per heavy atom. The van der Waals surface area contributed by atoms with E-state index < -0.39 is 0 Å². The van der Waals surface area contributed by atoms with Crippen molar-refractivity contribution in [1.82, 2.24) is 9.88 Å². The van der Waals surface area contributed by atoms with Gasteiger partial charge in [0.25, 0.3) is 0 Å². The van der Waals surface area contributed by atoms with Gasteiger partial charge in [-0.1, -0.05) is 54.1 Å². The predicted molar refractivity (Wildman–Crippen MR) is 123 cm³/mol. The second-order valence-corrected chi connectivity index (χ2v) is 7.84. The number of methoxy groups -OCH3 is 1. The summed E-state index contributed by atoms with van der Waals surface area (Å²) < 4.78 is 5.23. The molecule has 0 bridgehead atoms. The van der Waals surface area contributed by atoms with Crippen molar-refractivity contribution in [2.45, 2.75) is 13.1 Å². The van der Waals surface area contributed by atoms with Crippen LogP contribution in [0.2, 0.25) is 5.15 Å². The Kier molecular flexibility index (Phi) is 6.72. The molecule has 1 saturated heterocycles. The van der Waals surface area contributed by atoms with Crippen molar-refractivity contribution in [2.75, 3.05) is 43.5 Å². The highest BCUT2D eigenvalue weighted by atomic mass is 35.5. The zero-order chi connectivity index (χ0) is 20.8. The highest BCUT2D eigenvalue weighted by Gasteiger charge is 2.20. The number of aromatic nitrogens is 1. The van der Waals surface area contributed by atoms with E-state index in [-0.39, 0.29) is 0 Å². The molecule has 6 heteroatoms. The largest absolute Gasteiger partial charge is 0.497 e. The smallest absolute Gasteiger partial charge is 0.151 e. The number of halogens is 1. The van der Waals surface area contributed by atoms with E-state index in [9.17, 15) is 0 Å². The first-order valence-electron chi connectivity index (χ1n) is 10.3. The summed E-state index contributed by atoms with van der Waals surface area (Å²) in [6.45, 7) is 5.65. The molecule has 1 aliphatic rings. The van der Waals surface area contributed by atoms with Crippen LogP contribution in [0.4, 0.5) is 11.5 Å². The van der Waals surface area contributed by atoms with Crippen molar-refractivity contribution in [3.8, 4) is 5.75 Å². The zero-order valence-corrected chi connectivity index (χ0v) is 18.0. The minimum Gasteiger partial charge on any atom is -0.497 e. The van der Waals surface area contributed by atoms with Crippen LogP contribution >= 0.6 is 11.6 Å². The summed E-state index contributed by atoms with van der Waals surface area (Å²) in [6.07, 6.45) is 0. The molecule has 2 aromatic carbocycles. The van der Waals surface area contributed by atoms with Crippen molar-refractivity contribution in [1.29, 1.82) is 0 Å². The van der Waals surface area contributed by atoms with Crippen LogP contribution in [0.15, 0.2) is 66.7 Å². The number of hydrogen-bond acceptors (Lipinski definition) is 5. The highest BCUT2D eigenvalue weighted by Crippen LogP contribution is 2.28. The monoisotopic (exact) mass is 422 g/mol. The Hall–Kier alpha value is -2.76. The number of hydrogen-bond donors (Lipinski definition) is 1. The fourth-order valence-corrected chi connectivity index (χ4v) is 3.88. The molecule has 4 rings (SSSR count). The van der Waals surface area contributed by atoms with Gasteiger partial charge in [0.05, 0.1) is 12.8 Å². The normalized spacial score (nSPS) is 14.5. The molecule has 0 amide bonds. The molecule has 3 aromatic rings. The molecule has 1 fully saturated rings. The van der Waals surface area contributed by atoms with Crippen LogP contribution < -0.4 is 15.0 Å². The van der Waals surface area contributed by atoms with E-state index in [0.717, 1.165) is 55.5 Å². The lowest BCUT2D eigenvalue weighted by Gasteiger charge is -2.36. The lowest BCUT2D eigenvalue weighted by molar-refractivity contribution is 0.250. The summed E-state index contributed by atoms with van der Waals surface area (Å²) in [5.74, 6) is 1.68. The molecule has 0 aliphatic carbocycles. The van der Waals surface area contributed by atoms with E-state index in [1.54, 1.807) is 7.11 Å². The van der Waals surface area contributed by atoms with Crippen molar-refractivity contribution in [2.24, 2.45) is 0 Å². The summed E-state index contributed by atoms with van der Waals surface area (Å²) >= 11 is 6.20. The van der Waals surface area contributed by atoms with Crippen LogP contribution in [0.5, 0.6) is 5.75 Å². The first kappa shape index (κ1) is 20.5. The van der Waals surface area contributed by atoms with E-state index >= 15 is 0 Å². The van der Waals surface area contributed by atoms with Gasteiger partial charge in [-0.3, -0.25) is 4.90 Å². The molecule has 156 valence electrons. The molecule has 1 aromatic heterocycles. The fraction of sp³-hybridized carbons (Fsp3) is 0.292. The predicted octanol–water partition coefficient (Wildman–Crippen LogP) is 4.68. The van der Waals surface area contributed by atoms with E-state index in [2.05, 4.69) is 68.6 Å². The number of benzene rings is 2. The molecule has 1 aliphatic heterocycles. The van der Waals surface area contributed by atoms with Gasteiger partial charge in [-0.25, -0.2) is 4.98 Å². The zero-order valence-electron chi connectivity index (χ0n) is 17.2. The third-order valence-corrected chi connectivity index (χ3v) is 5.63. The van der Waals surface area contributed by atoms with E-state index in [1.807, 2.05) is 18.2 Å². The highest BCUT2D eigenvalue weighted by molar-refractivity contribution is 6.29. The van der Waals surface area contributed by atoms with Gasteiger partial charge in [-0.15, -0.1) is 0 Å². The number of anilines is 2. The Morgan fingerprint density at radius 2 is 1.63 bits per heavy atom. The van der Waals surface area contributed by atoms with Gasteiger partial charge >= 0.3 is 0 Å². The number of rotatable bonds is 7. The minimum atomic E-state index is 0.499. The van der Waals surface area contributed by atoms with Crippen LogP contribution in [0.25, 0.3) is 0 Å². The van der Waals surface area contributed by atoms with E-state index in [1.165, 1.54) is 5.56 Å². The molecule has 0 spiro atoms. The fourth-order valence-electron chi connectivity index (χ4n) is 3.73. The van der Waals surface area contributed by atoms with Crippen molar-refractivity contribution in [3.05, 3.63) is 83.0 Å². The first-order valence-corrected chi connectivity index (χ1v) is 10.6. The van der Waals surface area contributed by atoms with E-state index in [0.29, 0.717) is 11.7 Å².